The Hall–Kier alpha value is -1.69. The van der Waals surface area contributed by atoms with Crippen LogP contribution in [0.2, 0.25) is 0 Å². The van der Waals surface area contributed by atoms with Crippen molar-refractivity contribution in [2.75, 3.05) is 32.8 Å². The number of carbonyl (C=O) groups is 2. The molecular weight excluding hydrogens is 657 g/mol. The predicted octanol–water partition coefficient (Wildman–Crippen LogP) is 14.0. The molecule has 2 unspecified atom stereocenters. The number of hydrogen-bond donors (Lipinski definition) is 1. The van der Waals surface area contributed by atoms with Crippen molar-refractivity contribution in [2.24, 2.45) is 11.8 Å². The fourth-order valence-corrected chi connectivity index (χ4v) is 7.34. The Labute approximate surface area is 330 Å². The molecule has 0 radical (unpaired) electrons. The third-order valence-electron chi connectivity index (χ3n) is 10.9. The van der Waals surface area contributed by atoms with Gasteiger partial charge < -0.3 is 19.8 Å². The van der Waals surface area contributed by atoms with E-state index in [0.29, 0.717) is 13.2 Å². The molecule has 0 spiro atoms. The number of rotatable bonds is 43. The van der Waals surface area contributed by atoms with E-state index in [1.165, 1.54) is 89.7 Å². The van der Waals surface area contributed by atoms with Crippen molar-refractivity contribution < 1.29 is 19.1 Å². The van der Waals surface area contributed by atoms with Crippen molar-refractivity contribution in [1.82, 2.24) is 4.90 Å². The first-order valence-electron chi connectivity index (χ1n) is 23.2. The SMILES string of the molecule is C=CCCCCC(CCCCCCCC)C(=O)OCCCCCCN(CCC=N)CCCCCCOC(=O)C(CCCCCC)CCCCCCCC. The van der Waals surface area contributed by atoms with Crippen LogP contribution in [0.15, 0.2) is 12.7 Å². The lowest BCUT2D eigenvalue weighted by Gasteiger charge is -2.21. The molecule has 53 heavy (non-hydrogen) atoms. The van der Waals surface area contributed by atoms with Gasteiger partial charge >= 0.3 is 11.9 Å². The van der Waals surface area contributed by atoms with E-state index < -0.39 is 0 Å². The van der Waals surface area contributed by atoms with Crippen LogP contribution in [-0.2, 0) is 19.1 Å². The second-order valence-corrected chi connectivity index (χ2v) is 15.9. The molecule has 0 heterocycles. The van der Waals surface area contributed by atoms with E-state index >= 15 is 0 Å². The number of carbonyl (C=O) groups excluding carboxylic acids is 2. The first kappa shape index (κ1) is 51.3. The van der Waals surface area contributed by atoms with Crippen LogP contribution in [0.4, 0.5) is 0 Å². The van der Waals surface area contributed by atoms with Gasteiger partial charge in [-0.05, 0) is 89.9 Å². The number of unbranched alkanes of at least 4 members (excludes halogenated alkanes) is 21. The first-order valence-corrected chi connectivity index (χ1v) is 23.2. The molecule has 0 rings (SSSR count). The van der Waals surface area contributed by atoms with Gasteiger partial charge in [0, 0.05) is 6.54 Å². The van der Waals surface area contributed by atoms with Gasteiger partial charge in [-0.3, -0.25) is 9.59 Å². The third-order valence-corrected chi connectivity index (χ3v) is 10.9. The summed E-state index contributed by atoms with van der Waals surface area (Å²) in [6.45, 7) is 14.8. The number of esters is 2. The number of allylic oxidation sites excluding steroid dienone is 1. The van der Waals surface area contributed by atoms with E-state index in [9.17, 15) is 9.59 Å². The monoisotopic (exact) mass is 747 g/mol. The summed E-state index contributed by atoms with van der Waals surface area (Å²) in [6, 6.07) is 0. The molecule has 0 aliphatic heterocycles. The molecule has 0 bridgehead atoms. The van der Waals surface area contributed by atoms with Crippen molar-refractivity contribution in [2.45, 2.75) is 226 Å². The van der Waals surface area contributed by atoms with Gasteiger partial charge in [0.2, 0.25) is 0 Å². The highest BCUT2D eigenvalue weighted by Gasteiger charge is 2.20. The minimum absolute atomic E-state index is 0.0265. The van der Waals surface area contributed by atoms with Gasteiger partial charge in [0.15, 0.2) is 0 Å². The largest absolute Gasteiger partial charge is 0.465 e. The molecule has 2 atom stereocenters. The fourth-order valence-electron chi connectivity index (χ4n) is 7.34. The highest BCUT2D eigenvalue weighted by atomic mass is 16.5. The Kier molecular flexibility index (Phi) is 40.2. The van der Waals surface area contributed by atoms with Gasteiger partial charge in [0.1, 0.15) is 0 Å². The second kappa shape index (κ2) is 41.5. The summed E-state index contributed by atoms with van der Waals surface area (Å²) < 4.78 is 11.6. The molecule has 0 aromatic carbocycles. The highest BCUT2D eigenvalue weighted by molar-refractivity contribution is 5.72. The van der Waals surface area contributed by atoms with Crippen LogP contribution >= 0.6 is 0 Å². The van der Waals surface area contributed by atoms with E-state index in [1.54, 1.807) is 0 Å². The first-order chi connectivity index (χ1) is 26.0. The Balaban J connectivity index is 4.29. The zero-order valence-corrected chi connectivity index (χ0v) is 35.8. The molecule has 6 nitrogen and oxygen atoms in total. The zero-order valence-electron chi connectivity index (χ0n) is 35.8. The lowest BCUT2D eigenvalue weighted by Crippen LogP contribution is -2.27. The van der Waals surface area contributed by atoms with Gasteiger partial charge in [-0.25, -0.2) is 0 Å². The molecule has 6 heteroatoms. The van der Waals surface area contributed by atoms with Crippen molar-refractivity contribution in [3.63, 3.8) is 0 Å². The standard InChI is InChI=1S/C47H90N2O4/c1-5-9-13-17-19-27-36-44(34-25-15-11-7-3)46(50)52-42-31-23-21-29-39-49(41-33-38-48)40-30-22-24-32-43-53-47(51)45(35-26-16-12-8-4)37-28-20-18-14-10-6-2/h7,38,44-45,48H,3,5-6,8-37,39-43H2,1-2,4H3. The summed E-state index contributed by atoms with van der Waals surface area (Å²) in [5, 5.41) is 7.52. The van der Waals surface area contributed by atoms with Crippen molar-refractivity contribution >= 4 is 18.2 Å². The van der Waals surface area contributed by atoms with Crippen LogP contribution in [0.25, 0.3) is 0 Å². The summed E-state index contributed by atoms with van der Waals surface area (Å²) in [7, 11) is 0. The maximum atomic E-state index is 12.9. The quantitative estimate of drug-likeness (QED) is 0.0291. The fraction of sp³-hybridized carbons (Fsp3) is 0.894. The molecule has 0 aliphatic carbocycles. The van der Waals surface area contributed by atoms with E-state index in [2.05, 4.69) is 32.3 Å². The lowest BCUT2D eigenvalue weighted by atomic mass is 9.94. The van der Waals surface area contributed by atoms with Crippen molar-refractivity contribution in [3.05, 3.63) is 12.7 Å². The zero-order chi connectivity index (χ0) is 38.9. The molecular formula is C47H90N2O4. The molecule has 0 saturated heterocycles. The number of hydrogen-bond acceptors (Lipinski definition) is 6. The molecule has 312 valence electrons. The molecule has 1 N–H and O–H groups in total. The van der Waals surface area contributed by atoms with Gasteiger partial charge in [-0.2, -0.15) is 0 Å². The second-order valence-electron chi connectivity index (χ2n) is 15.9. The lowest BCUT2D eigenvalue weighted by molar-refractivity contribution is -0.150. The van der Waals surface area contributed by atoms with Gasteiger partial charge in [-0.1, -0.05) is 162 Å². The number of nitrogens with one attached hydrogen (secondary N) is 1. The Morgan fingerprint density at radius 1 is 0.491 bits per heavy atom. The maximum absolute atomic E-state index is 12.9. The third kappa shape index (κ3) is 34.5. The normalized spacial score (nSPS) is 12.5. The van der Waals surface area contributed by atoms with Gasteiger partial charge in [-0.15, -0.1) is 6.58 Å². The molecule has 0 amide bonds. The van der Waals surface area contributed by atoms with Gasteiger partial charge in [0.25, 0.3) is 0 Å². The van der Waals surface area contributed by atoms with Crippen LogP contribution in [0, 0.1) is 17.2 Å². The minimum Gasteiger partial charge on any atom is -0.465 e. The summed E-state index contributed by atoms with van der Waals surface area (Å²) in [5.41, 5.74) is 0. The topological polar surface area (TPSA) is 79.7 Å². The molecule has 0 aliphatic rings. The van der Waals surface area contributed by atoms with E-state index in [-0.39, 0.29) is 23.8 Å². The van der Waals surface area contributed by atoms with Crippen LogP contribution in [0.3, 0.4) is 0 Å². The summed E-state index contributed by atoms with van der Waals surface area (Å²) in [5.74, 6) is 0.220. The van der Waals surface area contributed by atoms with Crippen LogP contribution in [0.5, 0.6) is 0 Å². The summed E-state index contributed by atoms with van der Waals surface area (Å²) >= 11 is 0. The Morgan fingerprint density at radius 3 is 1.26 bits per heavy atom. The van der Waals surface area contributed by atoms with Gasteiger partial charge in [0.05, 0.1) is 25.0 Å². The molecule has 0 aromatic heterocycles. The highest BCUT2D eigenvalue weighted by Crippen LogP contribution is 2.22. The van der Waals surface area contributed by atoms with Crippen molar-refractivity contribution in [3.8, 4) is 0 Å². The predicted molar refractivity (Wildman–Crippen MR) is 229 cm³/mol. The van der Waals surface area contributed by atoms with Crippen LogP contribution in [0.1, 0.15) is 226 Å². The van der Waals surface area contributed by atoms with E-state index in [4.69, 9.17) is 14.9 Å². The number of ether oxygens (including phenoxy) is 2. The summed E-state index contributed by atoms with van der Waals surface area (Å²) in [4.78, 5) is 28.4. The minimum atomic E-state index is 0.0265. The molecule has 0 saturated carbocycles. The molecule has 0 fully saturated rings. The smallest absolute Gasteiger partial charge is 0.308 e. The van der Waals surface area contributed by atoms with Crippen LogP contribution < -0.4 is 0 Å². The number of nitrogens with zero attached hydrogens (tertiary/aromatic N) is 1. The summed E-state index contributed by atoms with van der Waals surface area (Å²) in [6.07, 6.45) is 40.0. The van der Waals surface area contributed by atoms with Crippen molar-refractivity contribution in [1.29, 1.82) is 5.41 Å². The Morgan fingerprint density at radius 2 is 0.849 bits per heavy atom. The maximum Gasteiger partial charge on any atom is 0.308 e. The average molecular weight is 747 g/mol. The van der Waals surface area contributed by atoms with E-state index in [0.717, 1.165) is 142 Å². The van der Waals surface area contributed by atoms with E-state index in [1.807, 2.05) is 6.08 Å². The average Bonchev–Trinajstić information content (AvgIpc) is 3.16. The Bertz CT molecular complexity index is 818. The molecule has 0 aromatic rings. The van der Waals surface area contributed by atoms with Crippen LogP contribution in [-0.4, -0.2) is 55.9 Å².